The summed E-state index contributed by atoms with van der Waals surface area (Å²) in [6, 6.07) is 3.69. The van der Waals surface area contributed by atoms with Crippen LogP contribution < -0.4 is 4.73 Å². The number of ether oxygens (including phenoxy) is 1. The number of aliphatic hydroxyl groups excluding tert-OH is 1. The first kappa shape index (κ1) is 19.0. The Labute approximate surface area is 110 Å². The molecule has 1 heterocycles. The summed E-state index contributed by atoms with van der Waals surface area (Å²) < 4.78 is 6.02. The largest absolute Gasteiger partial charge is 0.395 e. The molecule has 1 rings (SSSR count). The maximum absolute atomic E-state index is 9.08. The third-order valence-electron chi connectivity index (χ3n) is 2.32. The summed E-state index contributed by atoms with van der Waals surface area (Å²) in [5.74, 6) is 0. The summed E-state index contributed by atoms with van der Waals surface area (Å²) in [6.07, 6.45) is 3.17. The van der Waals surface area contributed by atoms with Crippen molar-refractivity contribution in [2.75, 3.05) is 33.4 Å². The summed E-state index contributed by atoms with van der Waals surface area (Å²) in [6.45, 7) is 2.93. The minimum absolute atomic E-state index is 0. The van der Waals surface area contributed by atoms with Crippen molar-refractivity contribution in [2.45, 2.75) is 14.0 Å². The fourth-order valence-corrected chi connectivity index (χ4v) is 1.44. The average Bonchev–Trinajstić information content (AvgIpc) is 2.29. The van der Waals surface area contributed by atoms with E-state index in [2.05, 4.69) is 4.90 Å². The van der Waals surface area contributed by atoms with Gasteiger partial charge in [0.2, 0.25) is 12.4 Å². The van der Waals surface area contributed by atoms with Crippen LogP contribution in [0.5, 0.6) is 0 Å². The summed E-state index contributed by atoms with van der Waals surface area (Å²) in [7, 11) is 1.66. The summed E-state index contributed by atoms with van der Waals surface area (Å²) >= 11 is 0. The Balaban J connectivity index is 0. The molecule has 0 unspecified atom stereocenters. The quantitative estimate of drug-likeness (QED) is 0.430. The van der Waals surface area contributed by atoms with Crippen molar-refractivity contribution in [3.05, 3.63) is 37.5 Å². The predicted octanol–water partition coefficient (Wildman–Crippen LogP) is 0.738. The zero-order valence-corrected chi connectivity index (χ0v) is 10.5. The lowest BCUT2D eigenvalue weighted by atomic mass is 10.2. The Morgan fingerprint density at radius 3 is 2.39 bits per heavy atom. The van der Waals surface area contributed by atoms with Gasteiger partial charge in [-0.3, -0.25) is 10.1 Å². The Hall–Kier alpha value is -1.30. The van der Waals surface area contributed by atoms with E-state index in [-0.39, 0.29) is 21.5 Å². The van der Waals surface area contributed by atoms with Gasteiger partial charge in [0.1, 0.15) is 0 Å². The van der Waals surface area contributed by atoms with Crippen molar-refractivity contribution in [3.8, 4) is 0 Å². The van der Waals surface area contributed by atoms with Gasteiger partial charge in [0.25, 0.3) is 0 Å². The van der Waals surface area contributed by atoms with Crippen molar-refractivity contribution < 1.29 is 19.8 Å². The Morgan fingerprint density at radius 1 is 1.28 bits per heavy atom. The molecule has 0 aromatic carbocycles. The van der Waals surface area contributed by atoms with E-state index >= 15 is 0 Å². The Kier molecular flexibility index (Phi) is 11.5. The normalized spacial score (nSPS) is 9.72. The molecule has 104 valence electrons. The summed E-state index contributed by atoms with van der Waals surface area (Å²) in [5, 5.41) is 18.0. The number of aliphatic hydroxyl groups is 1. The predicted molar refractivity (Wildman–Crippen MR) is 71.2 cm³/mol. The second-order valence-electron chi connectivity index (χ2n) is 3.58. The average molecular weight is 258 g/mol. The summed E-state index contributed by atoms with van der Waals surface area (Å²) in [5.41, 5.74) is 1.09. The maximum Gasteiger partial charge on any atom is 0.222 e. The minimum atomic E-state index is 0. The first-order valence-electron chi connectivity index (χ1n) is 5.28. The van der Waals surface area contributed by atoms with Gasteiger partial charge in [0.15, 0.2) is 0 Å². The van der Waals surface area contributed by atoms with Crippen molar-refractivity contribution in [1.29, 1.82) is 0 Å². The molecule has 0 atom stereocenters. The molecule has 5 heteroatoms. The number of hydrogen-bond donors (Lipinski definition) is 2. The van der Waals surface area contributed by atoms with E-state index < -0.39 is 0 Å². The zero-order chi connectivity index (χ0) is 11.8. The molecule has 1 aromatic rings. The van der Waals surface area contributed by atoms with E-state index in [0.29, 0.717) is 13.2 Å². The van der Waals surface area contributed by atoms with Gasteiger partial charge in [-0.2, -0.15) is 0 Å². The highest BCUT2D eigenvalue weighted by Gasteiger charge is 2.06. The molecular weight excluding hydrogens is 232 g/mol. The lowest BCUT2D eigenvalue weighted by Gasteiger charge is -2.20. The molecule has 0 aliphatic carbocycles. The number of methoxy groups -OCH3 is 1. The topological polar surface area (TPSA) is 56.8 Å². The molecule has 5 nitrogen and oxygen atoms in total. The number of hydrogen-bond acceptors (Lipinski definition) is 4. The molecule has 18 heavy (non-hydrogen) atoms. The van der Waals surface area contributed by atoms with Gasteiger partial charge in [-0.1, -0.05) is 7.43 Å². The molecule has 0 spiro atoms. The van der Waals surface area contributed by atoms with E-state index in [0.717, 1.165) is 23.4 Å². The van der Waals surface area contributed by atoms with Crippen molar-refractivity contribution in [3.63, 3.8) is 0 Å². The van der Waals surface area contributed by atoms with Gasteiger partial charge in [-0.05, 0) is 5.56 Å². The molecular formula is C13H26N2O3+2. The molecule has 0 amide bonds. The van der Waals surface area contributed by atoms with Crippen molar-refractivity contribution in [2.24, 2.45) is 0 Å². The van der Waals surface area contributed by atoms with Crippen LogP contribution >= 0.6 is 0 Å². The monoisotopic (exact) mass is 258 g/mol. The van der Waals surface area contributed by atoms with Crippen LogP contribution in [0.1, 0.15) is 13.0 Å². The molecule has 0 saturated carbocycles. The van der Waals surface area contributed by atoms with E-state index in [9.17, 15) is 0 Å². The van der Waals surface area contributed by atoms with Crippen LogP contribution in [0.3, 0.4) is 0 Å². The Bertz CT molecular complexity index is 291. The smallest absolute Gasteiger partial charge is 0.222 e. The second kappa shape index (κ2) is 10.8. The fourth-order valence-electron chi connectivity index (χ4n) is 1.44. The highest BCUT2D eigenvalue weighted by Crippen LogP contribution is 2.01. The van der Waals surface area contributed by atoms with Crippen molar-refractivity contribution in [1.82, 2.24) is 4.90 Å². The van der Waals surface area contributed by atoms with Crippen LogP contribution in [0.2, 0.25) is 0 Å². The molecule has 0 saturated heterocycles. The third kappa shape index (κ3) is 7.11. The minimum Gasteiger partial charge on any atom is -0.395 e. The zero-order valence-electron chi connectivity index (χ0n) is 10.5. The van der Waals surface area contributed by atoms with Crippen LogP contribution in [-0.4, -0.2) is 48.6 Å². The van der Waals surface area contributed by atoms with Crippen molar-refractivity contribution >= 4 is 0 Å². The number of aromatic nitrogens is 1. The molecule has 0 aliphatic heterocycles. The van der Waals surface area contributed by atoms with Gasteiger partial charge in [-0.25, -0.2) is 0 Å². The first-order valence-corrected chi connectivity index (χ1v) is 5.28. The number of pyridine rings is 1. The number of rotatable bonds is 7. The van der Waals surface area contributed by atoms with Crippen LogP contribution in [-0.2, 0) is 11.3 Å². The first-order chi connectivity index (χ1) is 7.76. The van der Waals surface area contributed by atoms with Crippen LogP contribution in [0.25, 0.3) is 0 Å². The van der Waals surface area contributed by atoms with Crippen LogP contribution in [0.15, 0.2) is 24.5 Å². The van der Waals surface area contributed by atoms with Gasteiger partial charge in [0.05, 0.1) is 13.2 Å². The van der Waals surface area contributed by atoms with E-state index in [1.165, 1.54) is 0 Å². The van der Waals surface area contributed by atoms with Gasteiger partial charge >= 0.3 is 0 Å². The SMILES string of the molecule is C.COCCN(CCO)Cc1cc[n+](O)cc1.[CH3+]. The Morgan fingerprint density at radius 2 is 1.89 bits per heavy atom. The molecule has 0 aliphatic rings. The highest BCUT2D eigenvalue weighted by atomic mass is 16.5. The lowest BCUT2D eigenvalue weighted by molar-refractivity contribution is -0.904. The molecule has 2 N–H and O–H groups in total. The molecule has 0 bridgehead atoms. The van der Waals surface area contributed by atoms with E-state index in [4.69, 9.17) is 15.1 Å². The van der Waals surface area contributed by atoms with Crippen LogP contribution in [0, 0.1) is 7.43 Å². The maximum atomic E-state index is 9.08. The van der Waals surface area contributed by atoms with Gasteiger partial charge in [0, 0.05) is 51.0 Å². The van der Waals surface area contributed by atoms with Gasteiger partial charge in [-0.15, -0.1) is 0 Å². The molecule has 0 fully saturated rings. The standard InChI is InChI=1S/C11H19N2O3.CH4.CH3/c1-16-9-7-12(6-8-14)10-11-2-4-13(15)5-3-11;;/h2-5,14-15H,6-10H2,1H3;1H4;1H3/q+1;;+1. The second-order valence-corrected chi connectivity index (χ2v) is 3.58. The van der Waals surface area contributed by atoms with E-state index in [1.54, 1.807) is 19.5 Å². The van der Waals surface area contributed by atoms with Gasteiger partial charge < -0.3 is 9.84 Å². The van der Waals surface area contributed by atoms with Crippen LogP contribution in [0.4, 0.5) is 0 Å². The molecule has 1 aromatic heterocycles. The van der Waals surface area contributed by atoms with E-state index in [1.807, 2.05) is 12.1 Å². The number of nitrogens with zero attached hydrogens (tertiary/aromatic N) is 2. The fraction of sp³-hybridized carbons (Fsp3) is 0.538. The summed E-state index contributed by atoms with van der Waals surface area (Å²) in [4.78, 5) is 2.10. The highest BCUT2D eigenvalue weighted by molar-refractivity contribution is 5.06. The third-order valence-corrected chi connectivity index (χ3v) is 2.32. The lowest BCUT2D eigenvalue weighted by Crippen LogP contribution is -2.31. The molecule has 0 radical (unpaired) electrons.